The SMILES string of the molecule is CN=C(NCC1CCCN1Cc1ccccc1)NC1CCN(C(=O)C(C)C)C1.I. The number of carbonyl (C=O) groups excluding carboxylic acids is 1. The van der Waals surface area contributed by atoms with Gasteiger partial charge in [-0.1, -0.05) is 44.2 Å². The Balaban J connectivity index is 0.00000300. The predicted molar refractivity (Wildman–Crippen MR) is 130 cm³/mol. The summed E-state index contributed by atoms with van der Waals surface area (Å²) in [5, 5.41) is 7.02. The molecule has 1 amide bonds. The van der Waals surface area contributed by atoms with E-state index < -0.39 is 0 Å². The first-order chi connectivity index (χ1) is 13.6. The van der Waals surface area contributed by atoms with Crippen molar-refractivity contribution in [3.63, 3.8) is 0 Å². The summed E-state index contributed by atoms with van der Waals surface area (Å²) in [6, 6.07) is 11.5. The van der Waals surface area contributed by atoms with Crippen molar-refractivity contribution in [1.82, 2.24) is 20.4 Å². The molecule has 2 N–H and O–H groups in total. The second-order valence-corrected chi connectivity index (χ2v) is 8.27. The van der Waals surface area contributed by atoms with Gasteiger partial charge in [-0.25, -0.2) is 0 Å². The number of halogens is 1. The number of likely N-dealkylation sites (tertiary alicyclic amines) is 2. The van der Waals surface area contributed by atoms with Crippen LogP contribution in [0, 0.1) is 5.92 Å². The third-order valence-corrected chi connectivity index (χ3v) is 5.79. The van der Waals surface area contributed by atoms with Gasteiger partial charge in [-0.3, -0.25) is 14.7 Å². The van der Waals surface area contributed by atoms with E-state index in [2.05, 4.69) is 50.9 Å². The Morgan fingerprint density at radius 2 is 1.97 bits per heavy atom. The minimum atomic E-state index is 0. The molecule has 1 aromatic carbocycles. The van der Waals surface area contributed by atoms with Gasteiger partial charge < -0.3 is 15.5 Å². The van der Waals surface area contributed by atoms with E-state index in [1.165, 1.54) is 18.4 Å². The number of benzene rings is 1. The second-order valence-electron chi connectivity index (χ2n) is 8.27. The Kier molecular flexibility index (Phi) is 9.68. The van der Waals surface area contributed by atoms with E-state index in [-0.39, 0.29) is 41.8 Å². The van der Waals surface area contributed by atoms with Crippen LogP contribution < -0.4 is 10.6 Å². The quantitative estimate of drug-likeness (QED) is 0.349. The number of hydrogen-bond acceptors (Lipinski definition) is 3. The van der Waals surface area contributed by atoms with Gasteiger partial charge in [0, 0.05) is 51.2 Å². The first kappa shape index (κ1) is 23.9. The average Bonchev–Trinajstić information content (AvgIpc) is 3.34. The molecule has 6 nitrogen and oxygen atoms in total. The maximum absolute atomic E-state index is 12.2. The first-order valence-electron chi connectivity index (χ1n) is 10.6. The molecule has 0 spiro atoms. The third-order valence-electron chi connectivity index (χ3n) is 5.79. The average molecular weight is 513 g/mol. The predicted octanol–water partition coefficient (Wildman–Crippen LogP) is 2.69. The first-order valence-corrected chi connectivity index (χ1v) is 10.6. The van der Waals surface area contributed by atoms with Crippen molar-refractivity contribution in [3.05, 3.63) is 35.9 Å². The number of hydrogen-bond donors (Lipinski definition) is 2. The number of aliphatic imine (C=N–C) groups is 1. The lowest BCUT2D eigenvalue weighted by Gasteiger charge is -2.26. The van der Waals surface area contributed by atoms with Crippen molar-refractivity contribution in [2.75, 3.05) is 33.2 Å². The number of carbonyl (C=O) groups is 1. The minimum absolute atomic E-state index is 0. The van der Waals surface area contributed by atoms with Gasteiger partial charge >= 0.3 is 0 Å². The number of nitrogens with one attached hydrogen (secondary N) is 2. The molecule has 2 aliphatic rings. The molecule has 0 aromatic heterocycles. The van der Waals surface area contributed by atoms with Gasteiger partial charge in [0.15, 0.2) is 5.96 Å². The summed E-state index contributed by atoms with van der Waals surface area (Å²) < 4.78 is 0. The second kappa shape index (κ2) is 11.7. The van der Waals surface area contributed by atoms with E-state index in [0.717, 1.165) is 45.1 Å². The third kappa shape index (κ3) is 6.84. The minimum Gasteiger partial charge on any atom is -0.355 e. The van der Waals surface area contributed by atoms with Crippen molar-refractivity contribution in [3.8, 4) is 0 Å². The van der Waals surface area contributed by atoms with E-state index in [0.29, 0.717) is 6.04 Å². The van der Waals surface area contributed by atoms with Crippen LogP contribution in [0.15, 0.2) is 35.3 Å². The molecular formula is C22H36IN5O. The van der Waals surface area contributed by atoms with Crippen LogP contribution in [0.5, 0.6) is 0 Å². The van der Waals surface area contributed by atoms with Gasteiger partial charge in [0.05, 0.1) is 0 Å². The molecule has 0 bridgehead atoms. The maximum atomic E-state index is 12.2. The van der Waals surface area contributed by atoms with Crippen LogP contribution in [0.1, 0.15) is 38.7 Å². The summed E-state index contributed by atoms with van der Waals surface area (Å²) in [6.07, 6.45) is 3.44. The van der Waals surface area contributed by atoms with Crippen molar-refractivity contribution in [1.29, 1.82) is 0 Å². The van der Waals surface area contributed by atoms with Crippen LogP contribution in [-0.2, 0) is 11.3 Å². The molecule has 162 valence electrons. The summed E-state index contributed by atoms with van der Waals surface area (Å²) in [7, 11) is 1.82. The standard InChI is InChI=1S/C22H35N5O.HI/c1-17(2)21(28)27-13-11-19(16-27)25-22(23-3)24-14-20-10-7-12-26(20)15-18-8-5-4-6-9-18;/h4-6,8-9,17,19-20H,7,10-16H2,1-3H3,(H2,23,24,25);1H. The topological polar surface area (TPSA) is 60.0 Å². The highest BCUT2D eigenvalue weighted by molar-refractivity contribution is 14.0. The van der Waals surface area contributed by atoms with Crippen molar-refractivity contribution in [2.45, 2.75) is 51.7 Å². The highest BCUT2D eigenvalue weighted by Crippen LogP contribution is 2.19. The fraction of sp³-hybridized carbons (Fsp3) is 0.636. The smallest absolute Gasteiger partial charge is 0.225 e. The van der Waals surface area contributed by atoms with Gasteiger partial charge in [-0.05, 0) is 31.4 Å². The molecule has 7 heteroatoms. The normalized spacial score (nSPS) is 22.6. The molecule has 3 rings (SSSR count). The van der Waals surface area contributed by atoms with Crippen LogP contribution in [0.3, 0.4) is 0 Å². The maximum Gasteiger partial charge on any atom is 0.225 e. The molecule has 0 aliphatic carbocycles. The lowest BCUT2D eigenvalue weighted by molar-refractivity contribution is -0.133. The fourth-order valence-electron chi connectivity index (χ4n) is 4.20. The lowest BCUT2D eigenvalue weighted by atomic mass is 10.2. The summed E-state index contributed by atoms with van der Waals surface area (Å²) in [6.45, 7) is 8.59. The van der Waals surface area contributed by atoms with Gasteiger partial charge in [-0.2, -0.15) is 0 Å². The van der Waals surface area contributed by atoms with Gasteiger partial charge in [0.1, 0.15) is 0 Å². The van der Waals surface area contributed by atoms with E-state index in [1.807, 2.05) is 25.8 Å². The number of rotatable bonds is 6. The molecule has 29 heavy (non-hydrogen) atoms. The fourth-order valence-corrected chi connectivity index (χ4v) is 4.20. The largest absolute Gasteiger partial charge is 0.355 e. The van der Waals surface area contributed by atoms with Gasteiger partial charge in [-0.15, -0.1) is 24.0 Å². The Morgan fingerprint density at radius 3 is 2.66 bits per heavy atom. The van der Waals surface area contributed by atoms with Crippen LogP contribution in [-0.4, -0.2) is 67.0 Å². The summed E-state index contributed by atoms with van der Waals surface area (Å²) in [5.41, 5.74) is 1.37. The summed E-state index contributed by atoms with van der Waals surface area (Å²) in [4.78, 5) is 21.1. The highest BCUT2D eigenvalue weighted by Gasteiger charge is 2.29. The van der Waals surface area contributed by atoms with Crippen molar-refractivity contribution < 1.29 is 4.79 Å². The lowest BCUT2D eigenvalue weighted by Crippen LogP contribution is -2.48. The summed E-state index contributed by atoms with van der Waals surface area (Å²) >= 11 is 0. The van der Waals surface area contributed by atoms with Crippen LogP contribution >= 0.6 is 24.0 Å². The molecule has 2 aliphatic heterocycles. The molecule has 2 atom stereocenters. The summed E-state index contributed by atoms with van der Waals surface area (Å²) in [5.74, 6) is 1.15. The zero-order chi connectivity index (χ0) is 19.9. The monoisotopic (exact) mass is 513 g/mol. The molecule has 2 saturated heterocycles. The van der Waals surface area contributed by atoms with Crippen molar-refractivity contribution >= 4 is 35.8 Å². The molecule has 1 aromatic rings. The van der Waals surface area contributed by atoms with E-state index in [9.17, 15) is 4.79 Å². The Labute approximate surface area is 192 Å². The zero-order valence-electron chi connectivity index (χ0n) is 17.9. The molecule has 0 saturated carbocycles. The number of amides is 1. The Morgan fingerprint density at radius 1 is 1.21 bits per heavy atom. The molecule has 0 radical (unpaired) electrons. The van der Waals surface area contributed by atoms with E-state index >= 15 is 0 Å². The molecule has 2 heterocycles. The Hall–Kier alpha value is -1.35. The van der Waals surface area contributed by atoms with E-state index in [4.69, 9.17) is 0 Å². The molecule has 2 fully saturated rings. The van der Waals surface area contributed by atoms with Crippen LogP contribution in [0.4, 0.5) is 0 Å². The zero-order valence-corrected chi connectivity index (χ0v) is 20.3. The van der Waals surface area contributed by atoms with Crippen molar-refractivity contribution in [2.24, 2.45) is 10.9 Å². The number of guanidine groups is 1. The van der Waals surface area contributed by atoms with Gasteiger partial charge in [0.2, 0.25) is 5.91 Å². The molecular weight excluding hydrogens is 477 g/mol. The molecule has 2 unspecified atom stereocenters. The van der Waals surface area contributed by atoms with E-state index in [1.54, 1.807) is 0 Å². The van der Waals surface area contributed by atoms with Gasteiger partial charge in [0.25, 0.3) is 0 Å². The van der Waals surface area contributed by atoms with Crippen LogP contribution in [0.25, 0.3) is 0 Å². The number of nitrogens with zero attached hydrogens (tertiary/aromatic N) is 3. The highest BCUT2D eigenvalue weighted by atomic mass is 127. The van der Waals surface area contributed by atoms with Crippen LogP contribution in [0.2, 0.25) is 0 Å². The Bertz CT molecular complexity index is 666.